The van der Waals surface area contributed by atoms with Crippen LogP contribution in [0.25, 0.3) is 0 Å². The number of ether oxygens (including phenoxy) is 1. The van der Waals surface area contributed by atoms with Crippen molar-refractivity contribution < 1.29 is 9.53 Å². The standard InChI is InChI=1S/C9H17NO2.ClH/c1-3-7(2)12-9(11)8-5-4-6-10-8;/h7-8,10H,3-6H2,1-2H3;1H/t7?,8-;/m0./s1. The number of carbonyl (C=O) groups excluding carboxylic acids is 1. The van der Waals surface area contributed by atoms with Crippen molar-refractivity contribution in [2.24, 2.45) is 0 Å². The van der Waals surface area contributed by atoms with Gasteiger partial charge in [-0.2, -0.15) is 0 Å². The summed E-state index contributed by atoms with van der Waals surface area (Å²) in [6.45, 7) is 4.88. The molecular weight excluding hydrogens is 190 g/mol. The Labute approximate surface area is 85.6 Å². The second-order valence-corrected chi connectivity index (χ2v) is 3.30. The molecule has 0 saturated carbocycles. The number of rotatable bonds is 3. The summed E-state index contributed by atoms with van der Waals surface area (Å²) in [5.74, 6) is -0.0816. The van der Waals surface area contributed by atoms with Crippen LogP contribution in [0.15, 0.2) is 0 Å². The molecule has 0 amide bonds. The van der Waals surface area contributed by atoms with Gasteiger partial charge in [0.15, 0.2) is 0 Å². The molecule has 1 heterocycles. The Morgan fingerprint density at radius 3 is 2.85 bits per heavy atom. The predicted octanol–water partition coefficient (Wildman–Crippen LogP) is 1.50. The van der Waals surface area contributed by atoms with E-state index in [0.717, 1.165) is 25.8 Å². The van der Waals surface area contributed by atoms with E-state index in [-0.39, 0.29) is 30.5 Å². The Bertz CT molecular complexity index is 158. The number of nitrogens with one attached hydrogen (secondary N) is 1. The summed E-state index contributed by atoms with van der Waals surface area (Å²) in [6, 6.07) is -0.0426. The van der Waals surface area contributed by atoms with E-state index in [0.29, 0.717) is 0 Å². The Hall–Kier alpha value is -0.280. The third kappa shape index (κ3) is 3.96. The van der Waals surface area contributed by atoms with Gasteiger partial charge in [-0.3, -0.25) is 4.79 Å². The molecule has 0 aliphatic carbocycles. The van der Waals surface area contributed by atoms with Crippen molar-refractivity contribution in [1.82, 2.24) is 5.32 Å². The van der Waals surface area contributed by atoms with Crippen molar-refractivity contribution in [3.05, 3.63) is 0 Å². The van der Waals surface area contributed by atoms with Crippen molar-refractivity contribution in [3.8, 4) is 0 Å². The molecule has 4 heteroatoms. The van der Waals surface area contributed by atoms with Crippen molar-refractivity contribution >= 4 is 18.4 Å². The van der Waals surface area contributed by atoms with Crippen LogP contribution in [0.5, 0.6) is 0 Å². The zero-order valence-corrected chi connectivity index (χ0v) is 9.02. The minimum atomic E-state index is -0.0816. The van der Waals surface area contributed by atoms with Gasteiger partial charge in [-0.1, -0.05) is 6.92 Å². The van der Waals surface area contributed by atoms with Gasteiger partial charge in [-0.05, 0) is 32.7 Å². The Kier molecular flexibility index (Phi) is 6.08. The Balaban J connectivity index is 0.00000144. The maximum Gasteiger partial charge on any atom is 0.323 e. The van der Waals surface area contributed by atoms with Crippen molar-refractivity contribution in [3.63, 3.8) is 0 Å². The van der Waals surface area contributed by atoms with Crippen LogP contribution in [0.3, 0.4) is 0 Å². The molecule has 13 heavy (non-hydrogen) atoms. The van der Waals surface area contributed by atoms with Crippen molar-refractivity contribution in [2.75, 3.05) is 6.54 Å². The number of carbonyl (C=O) groups is 1. The van der Waals surface area contributed by atoms with E-state index in [9.17, 15) is 4.79 Å². The van der Waals surface area contributed by atoms with Crippen LogP contribution in [-0.2, 0) is 9.53 Å². The van der Waals surface area contributed by atoms with Crippen LogP contribution in [0.4, 0.5) is 0 Å². The first-order chi connectivity index (χ1) is 5.74. The number of esters is 1. The lowest BCUT2D eigenvalue weighted by atomic mass is 10.2. The van der Waals surface area contributed by atoms with Crippen LogP contribution in [0, 0.1) is 0 Å². The molecule has 1 N–H and O–H groups in total. The van der Waals surface area contributed by atoms with Crippen molar-refractivity contribution in [1.29, 1.82) is 0 Å². The van der Waals surface area contributed by atoms with E-state index in [4.69, 9.17) is 4.74 Å². The zero-order chi connectivity index (χ0) is 8.97. The summed E-state index contributed by atoms with van der Waals surface area (Å²) < 4.78 is 5.18. The summed E-state index contributed by atoms with van der Waals surface area (Å²) in [5.41, 5.74) is 0. The lowest BCUT2D eigenvalue weighted by Crippen LogP contribution is -2.34. The van der Waals surface area contributed by atoms with Gasteiger partial charge < -0.3 is 10.1 Å². The number of hydrogen-bond acceptors (Lipinski definition) is 3. The van der Waals surface area contributed by atoms with Gasteiger partial charge in [0, 0.05) is 0 Å². The van der Waals surface area contributed by atoms with Gasteiger partial charge >= 0.3 is 5.97 Å². The zero-order valence-electron chi connectivity index (χ0n) is 8.21. The summed E-state index contributed by atoms with van der Waals surface area (Å²) >= 11 is 0. The predicted molar refractivity (Wildman–Crippen MR) is 54.1 cm³/mol. The van der Waals surface area contributed by atoms with Gasteiger partial charge in [0.2, 0.25) is 0 Å². The number of hydrogen-bond donors (Lipinski definition) is 1. The quantitative estimate of drug-likeness (QED) is 0.713. The minimum Gasteiger partial charge on any atom is -0.462 e. The molecule has 0 aromatic heterocycles. The summed E-state index contributed by atoms with van der Waals surface area (Å²) in [5, 5.41) is 3.11. The van der Waals surface area contributed by atoms with Gasteiger partial charge in [-0.15, -0.1) is 12.4 Å². The first-order valence-electron chi connectivity index (χ1n) is 4.68. The molecule has 0 bridgehead atoms. The fourth-order valence-electron chi connectivity index (χ4n) is 1.25. The maximum atomic E-state index is 11.3. The average Bonchev–Trinajstić information content (AvgIpc) is 2.56. The molecule has 1 unspecified atom stereocenters. The highest BCUT2D eigenvalue weighted by atomic mass is 35.5. The van der Waals surface area contributed by atoms with Gasteiger partial charge in [0.05, 0.1) is 6.10 Å². The van der Waals surface area contributed by atoms with Crippen molar-refractivity contribution in [2.45, 2.75) is 45.3 Å². The molecule has 2 atom stereocenters. The summed E-state index contributed by atoms with van der Waals surface area (Å²) in [7, 11) is 0. The largest absolute Gasteiger partial charge is 0.462 e. The van der Waals surface area contributed by atoms with E-state index >= 15 is 0 Å². The molecule has 1 aliphatic rings. The second kappa shape index (κ2) is 6.22. The van der Waals surface area contributed by atoms with Crippen LogP contribution in [0.2, 0.25) is 0 Å². The highest BCUT2D eigenvalue weighted by Crippen LogP contribution is 2.08. The molecule has 1 rings (SSSR count). The molecule has 1 fully saturated rings. The summed E-state index contributed by atoms with van der Waals surface area (Å²) in [4.78, 5) is 11.3. The average molecular weight is 208 g/mol. The van der Waals surface area contributed by atoms with Crippen LogP contribution in [-0.4, -0.2) is 24.7 Å². The third-order valence-electron chi connectivity index (χ3n) is 2.24. The minimum absolute atomic E-state index is 0. The molecular formula is C9H18ClNO2. The van der Waals surface area contributed by atoms with Crippen LogP contribution in [0.1, 0.15) is 33.1 Å². The smallest absolute Gasteiger partial charge is 0.323 e. The second-order valence-electron chi connectivity index (χ2n) is 3.30. The first kappa shape index (κ1) is 12.7. The van der Waals surface area contributed by atoms with E-state index in [1.54, 1.807) is 0 Å². The van der Waals surface area contributed by atoms with Gasteiger partial charge in [0.25, 0.3) is 0 Å². The molecule has 78 valence electrons. The van der Waals surface area contributed by atoms with E-state index in [1.165, 1.54) is 0 Å². The highest BCUT2D eigenvalue weighted by Gasteiger charge is 2.24. The Morgan fingerprint density at radius 2 is 2.38 bits per heavy atom. The molecule has 0 aromatic rings. The normalized spacial score (nSPS) is 23.4. The Morgan fingerprint density at radius 1 is 1.69 bits per heavy atom. The number of halogens is 1. The topological polar surface area (TPSA) is 38.3 Å². The molecule has 0 aromatic carbocycles. The first-order valence-corrected chi connectivity index (χ1v) is 4.68. The van der Waals surface area contributed by atoms with E-state index in [1.807, 2.05) is 13.8 Å². The van der Waals surface area contributed by atoms with E-state index in [2.05, 4.69) is 5.32 Å². The molecule has 0 radical (unpaired) electrons. The van der Waals surface area contributed by atoms with Gasteiger partial charge in [0.1, 0.15) is 6.04 Å². The lowest BCUT2D eigenvalue weighted by Gasteiger charge is -2.14. The lowest BCUT2D eigenvalue weighted by molar-refractivity contribution is -0.150. The SMILES string of the molecule is CCC(C)OC(=O)[C@@H]1CCCN1.Cl. The maximum absolute atomic E-state index is 11.3. The molecule has 1 aliphatic heterocycles. The molecule has 0 spiro atoms. The summed E-state index contributed by atoms with van der Waals surface area (Å²) in [6.07, 6.45) is 2.95. The monoisotopic (exact) mass is 207 g/mol. The van der Waals surface area contributed by atoms with Crippen LogP contribution >= 0.6 is 12.4 Å². The van der Waals surface area contributed by atoms with E-state index < -0.39 is 0 Å². The highest BCUT2D eigenvalue weighted by molar-refractivity contribution is 5.85. The van der Waals surface area contributed by atoms with Gasteiger partial charge in [-0.25, -0.2) is 0 Å². The van der Waals surface area contributed by atoms with Crippen LogP contribution < -0.4 is 5.32 Å². The molecule has 1 saturated heterocycles. The third-order valence-corrected chi connectivity index (χ3v) is 2.24. The molecule has 3 nitrogen and oxygen atoms in total. The fraction of sp³-hybridized carbons (Fsp3) is 0.889. The fourth-order valence-corrected chi connectivity index (χ4v) is 1.25.